The lowest BCUT2D eigenvalue weighted by molar-refractivity contribution is -0.384. The number of aromatic nitrogens is 1. The van der Waals surface area contributed by atoms with Crippen LogP contribution in [0.2, 0.25) is 0 Å². The van der Waals surface area contributed by atoms with Crippen molar-refractivity contribution in [1.82, 2.24) is 9.88 Å². The lowest BCUT2D eigenvalue weighted by atomic mass is 10.1. The lowest BCUT2D eigenvalue weighted by Crippen LogP contribution is -2.31. The minimum absolute atomic E-state index is 0.0590. The minimum atomic E-state index is -0.406. The zero-order valence-corrected chi connectivity index (χ0v) is 12.4. The Balaban J connectivity index is 1.65. The summed E-state index contributed by atoms with van der Waals surface area (Å²) in [5.41, 5.74) is 0.745. The van der Waals surface area contributed by atoms with Gasteiger partial charge in [-0.3, -0.25) is 10.1 Å². The minimum Gasteiger partial charge on any atom is -0.441 e. The number of likely N-dealkylation sites (tertiary alicyclic amines) is 1. The van der Waals surface area contributed by atoms with Crippen molar-refractivity contribution in [2.45, 2.75) is 25.7 Å². The highest BCUT2D eigenvalue weighted by Crippen LogP contribution is 2.24. The lowest BCUT2D eigenvalue weighted by Gasteiger charge is -2.25. The maximum atomic E-state index is 10.8. The number of piperidine rings is 1. The molecule has 0 amide bonds. The molecule has 2 heterocycles. The van der Waals surface area contributed by atoms with Crippen molar-refractivity contribution in [3.8, 4) is 11.3 Å². The van der Waals surface area contributed by atoms with Gasteiger partial charge in [-0.25, -0.2) is 4.98 Å². The van der Waals surface area contributed by atoms with Crippen LogP contribution in [-0.2, 0) is 6.42 Å². The summed E-state index contributed by atoms with van der Waals surface area (Å²) in [6, 6.07) is 6.43. The van der Waals surface area contributed by atoms with E-state index in [4.69, 9.17) is 4.42 Å². The molecule has 6 nitrogen and oxygen atoms in total. The molecule has 22 heavy (non-hydrogen) atoms. The molecule has 2 aromatic rings. The Labute approximate surface area is 128 Å². The Bertz CT molecular complexity index is 648. The molecule has 0 bridgehead atoms. The monoisotopic (exact) mass is 301 g/mol. The zero-order valence-electron chi connectivity index (χ0n) is 12.4. The van der Waals surface area contributed by atoms with Crippen molar-refractivity contribution in [2.75, 3.05) is 19.6 Å². The third-order valence-electron chi connectivity index (χ3n) is 3.99. The predicted molar refractivity (Wildman–Crippen MR) is 82.6 cm³/mol. The molecule has 116 valence electrons. The summed E-state index contributed by atoms with van der Waals surface area (Å²) in [5.74, 6) is 1.27. The average Bonchev–Trinajstić information content (AvgIpc) is 3.03. The molecule has 1 fully saturated rings. The molecule has 1 saturated heterocycles. The number of benzene rings is 1. The van der Waals surface area contributed by atoms with Crippen molar-refractivity contribution < 1.29 is 9.34 Å². The van der Waals surface area contributed by atoms with Crippen molar-refractivity contribution in [2.24, 2.45) is 0 Å². The summed E-state index contributed by atoms with van der Waals surface area (Å²) in [7, 11) is 0. The molecule has 3 rings (SSSR count). The maximum absolute atomic E-state index is 10.8. The van der Waals surface area contributed by atoms with Gasteiger partial charge in [0.15, 0.2) is 11.7 Å². The van der Waals surface area contributed by atoms with Gasteiger partial charge in [0.1, 0.15) is 0 Å². The Morgan fingerprint density at radius 2 is 2.09 bits per heavy atom. The molecular weight excluding hydrogens is 282 g/mol. The summed E-state index contributed by atoms with van der Waals surface area (Å²) < 4.78 is 5.74. The molecule has 0 atom stereocenters. The predicted octanol–water partition coefficient (Wildman–Crippen LogP) is 3.28. The number of nitro groups is 1. The van der Waals surface area contributed by atoms with E-state index in [1.807, 2.05) is 0 Å². The molecule has 1 aliphatic rings. The smallest absolute Gasteiger partial charge is 0.270 e. The van der Waals surface area contributed by atoms with Crippen LogP contribution >= 0.6 is 0 Å². The van der Waals surface area contributed by atoms with E-state index in [2.05, 4.69) is 9.88 Å². The second-order valence-corrected chi connectivity index (χ2v) is 5.58. The van der Waals surface area contributed by atoms with Gasteiger partial charge in [0.25, 0.3) is 5.69 Å². The van der Waals surface area contributed by atoms with E-state index in [0.29, 0.717) is 17.2 Å². The van der Waals surface area contributed by atoms with Crippen LogP contribution in [0, 0.1) is 10.1 Å². The molecule has 0 spiro atoms. The second kappa shape index (κ2) is 6.70. The zero-order chi connectivity index (χ0) is 15.4. The van der Waals surface area contributed by atoms with E-state index in [1.54, 1.807) is 18.3 Å². The van der Waals surface area contributed by atoms with Crippen LogP contribution < -0.4 is 0 Å². The van der Waals surface area contributed by atoms with Gasteiger partial charge in [0, 0.05) is 30.7 Å². The van der Waals surface area contributed by atoms with E-state index < -0.39 is 4.92 Å². The molecule has 0 N–H and O–H groups in total. The number of hydrogen-bond donors (Lipinski definition) is 0. The number of nitro benzene ring substituents is 1. The number of nitrogens with zero attached hydrogens (tertiary/aromatic N) is 3. The van der Waals surface area contributed by atoms with Gasteiger partial charge in [-0.05, 0) is 25.9 Å². The summed E-state index contributed by atoms with van der Waals surface area (Å²) in [6.45, 7) is 3.26. The summed E-state index contributed by atoms with van der Waals surface area (Å²) in [6.07, 6.45) is 6.28. The van der Waals surface area contributed by atoms with E-state index >= 15 is 0 Å². The molecule has 0 aliphatic carbocycles. The van der Waals surface area contributed by atoms with Gasteiger partial charge in [-0.2, -0.15) is 0 Å². The maximum Gasteiger partial charge on any atom is 0.270 e. The van der Waals surface area contributed by atoms with Gasteiger partial charge in [-0.15, -0.1) is 0 Å². The molecule has 1 aromatic carbocycles. The van der Waals surface area contributed by atoms with Gasteiger partial charge >= 0.3 is 0 Å². The van der Waals surface area contributed by atoms with Crippen molar-refractivity contribution in [3.63, 3.8) is 0 Å². The molecule has 0 unspecified atom stereocenters. The third-order valence-corrected chi connectivity index (χ3v) is 3.99. The van der Waals surface area contributed by atoms with E-state index in [1.165, 1.54) is 31.4 Å². The number of oxazole rings is 1. The van der Waals surface area contributed by atoms with Crippen LogP contribution in [0.4, 0.5) is 5.69 Å². The highest BCUT2D eigenvalue weighted by atomic mass is 16.6. The topological polar surface area (TPSA) is 72.4 Å². The third kappa shape index (κ3) is 3.51. The first-order chi connectivity index (χ1) is 10.7. The van der Waals surface area contributed by atoms with Crippen LogP contribution in [0.3, 0.4) is 0 Å². The largest absolute Gasteiger partial charge is 0.441 e. The second-order valence-electron chi connectivity index (χ2n) is 5.58. The van der Waals surface area contributed by atoms with Crippen LogP contribution in [0.25, 0.3) is 11.3 Å². The Morgan fingerprint density at radius 1 is 1.27 bits per heavy atom. The van der Waals surface area contributed by atoms with Crippen molar-refractivity contribution in [1.29, 1.82) is 0 Å². The first-order valence-corrected chi connectivity index (χ1v) is 7.64. The fourth-order valence-corrected chi connectivity index (χ4v) is 2.77. The van der Waals surface area contributed by atoms with Crippen LogP contribution in [0.5, 0.6) is 0 Å². The molecule has 1 aliphatic heterocycles. The van der Waals surface area contributed by atoms with Crippen LogP contribution in [-0.4, -0.2) is 34.4 Å². The highest BCUT2D eigenvalue weighted by Gasteiger charge is 2.13. The normalized spacial score (nSPS) is 15.8. The fraction of sp³-hybridized carbons (Fsp3) is 0.438. The first kappa shape index (κ1) is 14.7. The van der Waals surface area contributed by atoms with E-state index in [9.17, 15) is 10.1 Å². The Kier molecular flexibility index (Phi) is 4.48. The Morgan fingerprint density at radius 3 is 2.86 bits per heavy atom. The SMILES string of the molecule is O=[N+]([O-])c1cccc(-c2cnc(CCN3CCCCC3)o2)c1. The standard InChI is InChI=1S/C16H19N3O3/c20-19(21)14-6-4-5-13(11-14)15-12-17-16(22-15)7-10-18-8-2-1-3-9-18/h4-6,11-12H,1-3,7-10H2. The number of non-ortho nitro benzene ring substituents is 1. The van der Waals surface area contributed by atoms with Crippen molar-refractivity contribution in [3.05, 3.63) is 46.5 Å². The molecule has 0 radical (unpaired) electrons. The quantitative estimate of drug-likeness (QED) is 0.626. The van der Waals surface area contributed by atoms with E-state index in [0.717, 1.165) is 26.1 Å². The van der Waals surface area contributed by atoms with Crippen LogP contribution in [0.1, 0.15) is 25.2 Å². The summed E-state index contributed by atoms with van der Waals surface area (Å²) >= 11 is 0. The molecular formula is C16H19N3O3. The van der Waals surface area contributed by atoms with Gasteiger partial charge < -0.3 is 9.32 Å². The number of rotatable bonds is 5. The molecule has 6 heteroatoms. The number of hydrogen-bond acceptors (Lipinski definition) is 5. The summed E-state index contributed by atoms with van der Waals surface area (Å²) in [4.78, 5) is 17.1. The fourth-order valence-electron chi connectivity index (χ4n) is 2.77. The first-order valence-electron chi connectivity index (χ1n) is 7.64. The molecule has 0 saturated carbocycles. The average molecular weight is 301 g/mol. The highest BCUT2D eigenvalue weighted by molar-refractivity contribution is 5.60. The molecule has 1 aromatic heterocycles. The summed E-state index contributed by atoms with van der Waals surface area (Å²) in [5, 5.41) is 10.8. The van der Waals surface area contributed by atoms with Crippen molar-refractivity contribution >= 4 is 5.69 Å². The van der Waals surface area contributed by atoms with E-state index in [-0.39, 0.29) is 5.69 Å². The van der Waals surface area contributed by atoms with Gasteiger partial charge in [0.05, 0.1) is 11.1 Å². The van der Waals surface area contributed by atoms with Gasteiger partial charge in [-0.1, -0.05) is 18.6 Å². The van der Waals surface area contributed by atoms with Crippen LogP contribution in [0.15, 0.2) is 34.9 Å². The van der Waals surface area contributed by atoms with Gasteiger partial charge in [0.2, 0.25) is 0 Å². The Hall–Kier alpha value is -2.21.